The number of carbonyl (C=O) groups excluding carboxylic acids is 1. The van der Waals surface area contributed by atoms with E-state index in [1.165, 1.54) is 0 Å². The predicted octanol–water partition coefficient (Wildman–Crippen LogP) is 2.14. The van der Waals surface area contributed by atoms with E-state index in [0.717, 1.165) is 52.0 Å². The second-order valence-electron chi connectivity index (χ2n) is 6.96. The van der Waals surface area contributed by atoms with Crippen LogP contribution in [0, 0.1) is 5.92 Å². The maximum Gasteiger partial charge on any atom is 0.315 e. The van der Waals surface area contributed by atoms with Crippen LogP contribution >= 0.6 is 0 Å². The van der Waals surface area contributed by atoms with Crippen molar-refractivity contribution < 1.29 is 4.79 Å². The Labute approximate surface area is 136 Å². The van der Waals surface area contributed by atoms with Crippen LogP contribution in [-0.2, 0) is 0 Å². The summed E-state index contributed by atoms with van der Waals surface area (Å²) in [5.41, 5.74) is 0. The summed E-state index contributed by atoms with van der Waals surface area (Å²) in [4.78, 5) is 16.9. The van der Waals surface area contributed by atoms with Crippen LogP contribution in [0.1, 0.15) is 47.0 Å². The van der Waals surface area contributed by atoms with E-state index in [1.807, 2.05) is 0 Å². The van der Waals surface area contributed by atoms with Crippen LogP contribution in [0.5, 0.6) is 0 Å². The maximum atomic E-state index is 12.1. The summed E-state index contributed by atoms with van der Waals surface area (Å²) in [6.45, 7) is 13.8. The molecule has 5 nitrogen and oxygen atoms in total. The lowest BCUT2D eigenvalue weighted by molar-refractivity contribution is 0.180. The van der Waals surface area contributed by atoms with Crippen molar-refractivity contribution >= 4 is 6.03 Å². The summed E-state index contributed by atoms with van der Waals surface area (Å²) in [6, 6.07) is 0.701. The zero-order valence-electron chi connectivity index (χ0n) is 15.2. The number of likely N-dealkylation sites (N-methyl/N-ethyl adjacent to an activating group) is 2. The highest BCUT2D eigenvalue weighted by atomic mass is 16.2. The van der Waals surface area contributed by atoms with E-state index in [-0.39, 0.29) is 12.1 Å². The number of nitrogens with one attached hydrogen (secondary N) is 2. The summed E-state index contributed by atoms with van der Waals surface area (Å²) in [6.07, 6.45) is 3.37. The number of amides is 2. The minimum Gasteiger partial charge on any atom is -0.337 e. The van der Waals surface area contributed by atoms with Gasteiger partial charge in [-0.3, -0.25) is 4.90 Å². The molecule has 130 valence electrons. The van der Waals surface area contributed by atoms with Gasteiger partial charge in [-0.1, -0.05) is 27.7 Å². The molecule has 1 saturated heterocycles. The van der Waals surface area contributed by atoms with Gasteiger partial charge in [-0.15, -0.1) is 0 Å². The molecule has 0 bridgehead atoms. The lowest BCUT2D eigenvalue weighted by atomic mass is 10.0. The number of carbonyl (C=O) groups is 1. The van der Waals surface area contributed by atoms with Crippen molar-refractivity contribution in [2.24, 2.45) is 5.92 Å². The zero-order valence-corrected chi connectivity index (χ0v) is 15.2. The minimum atomic E-state index is -0.0128. The van der Waals surface area contributed by atoms with Gasteiger partial charge < -0.3 is 15.5 Å². The first-order valence-corrected chi connectivity index (χ1v) is 8.93. The Hall–Kier alpha value is -0.810. The van der Waals surface area contributed by atoms with E-state index >= 15 is 0 Å². The zero-order chi connectivity index (χ0) is 16.5. The van der Waals surface area contributed by atoms with Gasteiger partial charge in [0.15, 0.2) is 0 Å². The van der Waals surface area contributed by atoms with Gasteiger partial charge >= 0.3 is 6.03 Å². The van der Waals surface area contributed by atoms with Crippen LogP contribution in [0.3, 0.4) is 0 Å². The van der Waals surface area contributed by atoms with Crippen molar-refractivity contribution in [1.29, 1.82) is 0 Å². The molecule has 1 fully saturated rings. The summed E-state index contributed by atoms with van der Waals surface area (Å²) < 4.78 is 0. The standard InChI is InChI=1S/C17H36N4O/c1-6-21(7-2)16(11-14(3)4)12-18-17(22)19-15-9-8-10-20(5)13-15/h14-16H,6-13H2,1-5H3,(H2,18,19,22). The molecule has 0 aromatic carbocycles. The van der Waals surface area contributed by atoms with Crippen LogP contribution in [0.4, 0.5) is 4.79 Å². The molecule has 22 heavy (non-hydrogen) atoms. The molecule has 0 spiro atoms. The van der Waals surface area contributed by atoms with Gasteiger partial charge in [0.25, 0.3) is 0 Å². The molecule has 1 aliphatic heterocycles. The molecule has 0 aliphatic carbocycles. The Morgan fingerprint density at radius 3 is 2.55 bits per heavy atom. The summed E-state index contributed by atoms with van der Waals surface area (Å²) >= 11 is 0. The van der Waals surface area contributed by atoms with E-state index in [9.17, 15) is 4.79 Å². The van der Waals surface area contributed by atoms with Crippen LogP contribution in [0.25, 0.3) is 0 Å². The summed E-state index contributed by atoms with van der Waals surface area (Å²) in [5, 5.41) is 6.21. The molecule has 0 radical (unpaired) electrons. The number of nitrogens with zero attached hydrogens (tertiary/aromatic N) is 2. The molecular formula is C17H36N4O. The molecule has 2 atom stereocenters. The lowest BCUT2D eigenvalue weighted by Crippen LogP contribution is -2.52. The Morgan fingerprint density at radius 2 is 2.00 bits per heavy atom. The molecule has 2 unspecified atom stereocenters. The highest BCUT2D eigenvalue weighted by molar-refractivity contribution is 5.74. The van der Waals surface area contributed by atoms with Gasteiger partial charge in [0, 0.05) is 25.2 Å². The number of rotatable bonds is 8. The average Bonchev–Trinajstić information content (AvgIpc) is 2.45. The number of hydrogen-bond acceptors (Lipinski definition) is 3. The highest BCUT2D eigenvalue weighted by Crippen LogP contribution is 2.11. The molecule has 1 aliphatic rings. The normalized spacial score (nSPS) is 21.1. The topological polar surface area (TPSA) is 47.6 Å². The number of piperidine rings is 1. The Morgan fingerprint density at radius 1 is 1.32 bits per heavy atom. The van der Waals surface area contributed by atoms with Gasteiger partial charge in [-0.2, -0.15) is 0 Å². The first kappa shape index (κ1) is 19.2. The first-order valence-electron chi connectivity index (χ1n) is 8.93. The SMILES string of the molecule is CCN(CC)C(CNC(=O)NC1CCCN(C)C1)CC(C)C. The largest absolute Gasteiger partial charge is 0.337 e. The maximum absolute atomic E-state index is 12.1. The minimum absolute atomic E-state index is 0.0128. The molecule has 2 N–H and O–H groups in total. The first-order chi connectivity index (χ1) is 10.5. The van der Waals surface area contributed by atoms with Crippen molar-refractivity contribution in [3.8, 4) is 0 Å². The van der Waals surface area contributed by atoms with Crippen molar-refractivity contribution in [2.45, 2.75) is 59.0 Å². The highest BCUT2D eigenvalue weighted by Gasteiger charge is 2.21. The second kappa shape index (κ2) is 10.1. The van der Waals surface area contributed by atoms with E-state index < -0.39 is 0 Å². The Balaban J connectivity index is 2.40. The van der Waals surface area contributed by atoms with Crippen molar-refractivity contribution in [3.63, 3.8) is 0 Å². The van der Waals surface area contributed by atoms with E-state index in [0.29, 0.717) is 12.0 Å². The smallest absolute Gasteiger partial charge is 0.315 e. The van der Waals surface area contributed by atoms with Gasteiger partial charge in [0.1, 0.15) is 0 Å². The lowest BCUT2D eigenvalue weighted by Gasteiger charge is -2.32. The third kappa shape index (κ3) is 6.97. The van der Waals surface area contributed by atoms with Gasteiger partial charge in [0.2, 0.25) is 0 Å². The summed E-state index contributed by atoms with van der Waals surface area (Å²) in [5.74, 6) is 0.641. The molecule has 1 rings (SSSR count). The molecular weight excluding hydrogens is 276 g/mol. The van der Waals surface area contributed by atoms with Gasteiger partial charge in [-0.25, -0.2) is 4.79 Å². The monoisotopic (exact) mass is 312 g/mol. The van der Waals surface area contributed by atoms with Crippen molar-refractivity contribution in [2.75, 3.05) is 39.8 Å². The molecule has 2 amide bonds. The van der Waals surface area contributed by atoms with Gasteiger partial charge in [0.05, 0.1) is 0 Å². The molecule has 0 aromatic heterocycles. The fourth-order valence-electron chi connectivity index (χ4n) is 3.38. The Bertz CT molecular complexity index is 318. The third-order valence-electron chi connectivity index (χ3n) is 4.53. The number of hydrogen-bond donors (Lipinski definition) is 2. The quantitative estimate of drug-likeness (QED) is 0.722. The van der Waals surface area contributed by atoms with E-state index in [1.54, 1.807) is 0 Å². The van der Waals surface area contributed by atoms with Gasteiger partial charge in [-0.05, 0) is 51.9 Å². The van der Waals surface area contributed by atoms with Crippen LogP contribution in [0.15, 0.2) is 0 Å². The van der Waals surface area contributed by atoms with Crippen LogP contribution in [-0.4, -0.2) is 67.7 Å². The fraction of sp³-hybridized carbons (Fsp3) is 0.941. The predicted molar refractivity (Wildman–Crippen MR) is 93.2 cm³/mol. The van der Waals surface area contributed by atoms with Crippen LogP contribution in [0.2, 0.25) is 0 Å². The van der Waals surface area contributed by atoms with E-state index in [4.69, 9.17) is 0 Å². The van der Waals surface area contributed by atoms with Crippen molar-refractivity contribution in [3.05, 3.63) is 0 Å². The van der Waals surface area contributed by atoms with E-state index in [2.05, 4.69) is 55.2 Å². The fourth-order valence-corrected chi connectivity index (χ4v) is 3.38. The average molecular weight is 313 g/mol. The molecule has 1 heterocycles. The molecule has 5 heteroatoms. The summed E-state index contributed by atoms with van der Waals surface area (Å²) in [7, 11) is 2.12. The molecule has 0 saturated carbocycles. The number of urea groups is 1. The third-order valence-corrected chi connectivity index (χ3v) is 4.53. The molecule has 0 aromatic rings. The van der Waals surface area contributed by atoms with Crippen molar-refractivity contribution in [1.82, 2.24) is 20.4 Å². The second-order valence-corrected chi connectivity index (χ2v) is 6.96. The Kier molecular flexibility index (Phi) is 8.79. The van der Waals surface area contributed by atoms with Crippen LogP contribution < -0.4 is 10.6 Å². The number of likely N-dealkylation sites (tertiary alicyclic amines) is 1.